The lowest BCUT2D eigenvalue weighted by atomic mass is 10.1. The van der Waals surface area contributed by atoms with Gasteiger partial charge in [-0.25, -0.2) is 4.39 Å². The first kappa shape index (κ1) is 24.4. The molecule has 8 nitrogen and oxygen atoms in total. The summed E-state index contributed by atoms with van der Waals surface area (Å²) in [5, 5.41) is 6.61. The van der Waals surface area contributed by atoms with Gasteiger partial charge in [0, 0.05) is 37.4 Å². The molecule has 2 aliphatic rings. The number of hydrogen-bond donors (Lipinski definition) is 2. The highest BCUT2D eigenvalue weighted by atomic mass is 19.1. The first-order chi connectivity index (χ1) is 16.6. The molecule has 1 aromatic carbocycles. The maximum atomic E-state index is 14.2. The van der Waals surface area contributed by atoms with Crippen molar-refractivity contribution in [2.75, 3.05) is 49.3 Å². The minimum atomic E-state index is -0.434. The van der Waals surface area contributed by atoms with Gasteiger partial charge in [-0.3, -0.25) is 4.90 Å². The molecular formula is C25H38FN7O. The molecular weight excluding hydrogens is 433 g/mol. The first-order valence-corrected chi connectivity index (χ1v) is 12.6. The zero-order valence-electron chi connectivity index (χ0n) is 20.7. The Morgan fingerprint density at radius 3 is 2.53 bits per heavy atom. The van der Waals surface area contributed by atoms with Crippen molar-refractivity contribution >= 4 is 23.5 Å². The highest BCUT2D eigenvalue weighted by Crippen LogP contribution is 2.27. The number of aromatic nitrogens is 3. The normalized spacial score (nSPS) is 19.6. The molecule has 186 valence electrons. The molecule has 0 spiro atoms. The van der Waals surface area contributed by atoms with E-state index in [1.165, 1.54) is 51.7 Å². The van der Waals surface area contributed by atoms with Gasteiger partial charge in [-0.05, 0) is 50.9 Å². The van der Waals surface area contributed by atoms with Crippen molar-refractivity contribution in [1.82, 2.24) is 19.9 Å². The Hall–Kier alpha value is -2.68. The fourth-order valence-corrected chi connectivity index (χ4v) is 5.09. The van der Waals surface area contributed by atoms with E-state index in [0.717, 1.165) is 32.5 Å². The fraction of sp³-hybridized carbons (Fsp3) is 0.640. The molecule has 1 aliphatic heterocycles. The zero-order chi connectivity index (χ0) is 23.9. The van der Waals surface area contributed by atoms with Crippen LogP contribution >= 0.6 is 0 Å². The molecule has 1 aliphatic carbocycles. The molecule has 4 rings (SSSR count). The molecule has 34 heavy (non-hydrogen) atoms. The van der Waals surface area contributed by atoms with Crippen LogP contribution in [-0.2, 0) is 0 Å². The van der Waals surface area contributed by atoms with Crippen molar-refractivity contribution in [3.05, 3.63) is 24.0 Å². The van der Waals surface area contributed by atoms with E-state index in [-0.39, 0.29) is 5.75 Å². The predicted molar refractivity (Wildman–Crippen MR) is 135 cm³/mol. The monoisotopic (exact) mass is 471 g/mol. The summed E-state index contributed by atoms with van der Waals surface area (Å²) in [6, 6.07) is 5.63. The van der Waals surface area contributed by atoms with Crippen LogP contribution in [0, 0.1) is 5.82 Å². The molecule has 0 amide bonds. The molecule has 9 heteroatoms. The Morgan fingerprint density at radius 1 is 1.06 bits per heavy atom. The van der Waals surface area contributed by atoms with Gasteiger partial charge >= 0.3 is 0 Å². The van der Waals surface area contributed by atoms with Gasteiger partial charge in [0.05, 0.1) is 7.11 Å². The highest BCUT2D eigenvalue weighted by Gasteiger charge is 2.24. The van der Waals surface area contributed by atoms with Crippen LogP contribution in [0.3, 0.4) is 0 Å². The molecule has 1 aromatic heterocycles. The summed E-state index contributed by atoms with van der Waals surface area (Å²) >= 11 is 0. The molecule has 1 unspecified atom stereocenters. The van der Waals surface area contributed by atoms with E-state index >= 15 is 0 Å². The second-order valence-electron chi connectivity index (χ2n) is 9.32. The number of likely N-dealkylation sites (tertiary alicyclic amines) is 1. The summed E-state index contributed by atoms with van der Waals surface area (Å²) in [5.74, 6) is 1.35. The number of hydrogen-bond acceptors (Lipinski definition) is 8. The van der Waals surface area contributed by atoms with E-state index < -0.39 is 5.82 Å². The van der Waals surface area contributed by atoms with E-state index in [1.807, 2.05) is 0 Å². The molecule has 0 radical (unpaired) electrons. The van der Waals surface area contributed by atoms with E-state index in [0.29, 0.717) is 35.6 Å². The van der Waals surface area contributed by atoms with Gasteiger partial charge in [-0.2, -0.15) is 15.0 Å². The summed E-state index contributed by atoms with van der Waals surface area (Å²) < 4.78 is 19.3. The van der Waals surface area contributed by atoms with Crippen LogP contribution in [0.4, 0.5) is 27.9 Å². The molecule has 1 atom stereocenters. The number of nitrogens with one attached hydrogen (secondary N) is 2. The molecule has 2 aromatic rings. The summed E-state index contributed by atoms with van der Waals surface area (Å²) in [6.45, 7) is 5.19. The quantitative estimate of drug-likeness (QED) is 0.504. The SMILES string of the molecule is CCN1CCCC1CNc1nc(Nc2ccc(OC)c(F)c2)nc(N(C)C2CCCCCC2)n1. The van der Waals surface area contributed by atoms with Crippen LogP contribution in [0.5, 0.6) is 5.75 Å². The Kier molecular flexibility index (Phi) is 8.37. The third-order valence-corrected chi connectivity index (χ3v) is 7.12. The number of halogens is 1. The second kappa shape index (κ2) is 11.6. The molecule has 0 bridgehead atoms. The molecule has 2 heterocycles. The Balaban J connectivity index is 1.56. The van der Waals surface area contributed by atoms with Gasteiger partial charge in [-0.1, -0.05) is 32.6 Å². The van der Waals surface area contributed by atoms with Crippen LogP contribution < -0.4 is 20.3 Å². The van der Waals surface area contributed by atoms with Crippen LogP contribution in [-0.4, -0.2) is 65.7 Å². The third kappa shape index (κ3) is 6.05. The van der Waals surface area contributed by atoms with Crippen LogP contribution in [0.1, 0.15) is 58.3 Å². The Bertz CT molecular complexity index is 935. The first-order valence-electron chi connectivity index (χ1n) is 12.6. The zero-order valence-corrected chi connectivity index (χ0v) is 20.7. The number of nitrogens with zero attached hydrogens (tertiary/aromatic N) is 5. The summed E-state index contributed by atoms with van der Waals surface area (Å²) in [5.41, 5.74) is 0.562. The fourth-order valence-electron chi connectivity index (χ4n) is 5.09. The maximum absolute atomic E-state index is 14.2. The van der Waals surface area contributed by atoms with Crippen molar-refractivity contribution in [2.45, 2.75) is 70.4 Å². The Morgan fingerprint density at radius 2 is 1.82 bits per heavy atom. The van der Waals surface area contributed by atoms with Crippen LogP contribution in [0.15, 0.2) is 18.2 Å². The lowest BCUT2D eigenvalue weighted by molar-refractivity contribution is 0.277. The number of benzene rings is 1. The van der Waals surface area contributed by atoms with Crippen LogP contribution in [0.25, 0.3) is 0 Å². The number of rotatable bonds is 9. The number of ether oxygens (including phenoxy) is 1. The standard InChI is InChI=1S/C25H38FN7O/c1-4-33-15-9-12-20(33)17-27-23-29-24(28-18-13-14-22(34-3)21(26)16-18)31-25(30-23)32(2)19-10-7-5-6-8-11-19/h13-14,16,19-20H,4-12,15,17H2,1-3H3,(H2,27,28,29,30,31). The van der Waals surface area contributed by atoms with Crippen molar-refractivity contribution < 1.29 is 9.13 Å². The van der Waals surface area contributed by atoms with E-state index in [1.54, 1.807) is 12.1 Å². The summed E-state index contributed by atoms with van der Waals surface area (Å²) in [7, 11) is 3.52. The summed E-state index contributed by atoms with van der Waals surface area (Å²) in [6.07, 6.45) is 9.74. The predicted octanol–water partition coefficient (Wildman–Crippen LogP) is 4.82. The van der Waals surface area contributed by atoms with Crippen molar-refractivity contribution in [1.29, 1.82) is 0 Å². The summed E-state index contributed by atoms with van der Waals surface area (Å²) in [4.78, 5) is 18.8. The Labute approximate surface area is 202 Å². The van der Waals surface area contributed by atoms with E-state index in [2.05, 4.69) is 39.4 Å². The largest absolute Gasteiger partial charge is 0.494 e. The topological polar surface area (TPSA) is 78.4 Å². The van der Waals surface area contributed by atoms with Crippen molar-refractivity contribution in [3.63, 3.8) is 0 Å². The van der Waals surface area contributed by atoms with Crippen molar-refractivity contribution in [2.24, 2.45) is 0 Å². The number of likely N-dealkylation sites (N-methyl/N-ethyl adjacent to an activating group) is 1. The lowest BCUT2D eigenvalue weighted by Gasteiger charge is -2.28. The molecule has 1 saturated carbocycles. The van der Waals surface area contributed by atoms with E-state index in [4.69, 9.17) is 14.7 Å². The number of anilines is 4. The van der Waals surface area contributed by atoms with E-state index in [9.17, 15) is 4.39 Å². The van der Waals surface area contributed by atoms with Gasteiger partial charge in [0.25, 0.3) is 0 Å². The average molecular weight is 472 g/mol. The van der Waals surface area contributed by atoms with Crippen LogP contribution in [0.2, 0.25) is 0 Å². The molecule has 1 saturated heterocycles. The number of methoxy groups -OCH3 is 1. The molecule has 2 N–H and O–H groups in total. The van der Waals surface area contributed by atoms with Gasteiger partial charge < -0.3 is 20.3 Å². The van der Waals surface area contributed by atoms with Gasteiger partial charge in [-0.15, -0.1) is 0 Å². The second-order valence-corrected chi connectivity index (χ2v) is 9.32. The van der Waals surface area contributed by atoms with Crippen molar-refractivity contribution in [3.8, 4) is 5.75 Å². The third-order valence-electron chi connectivity index (χ3n) is 7.12. The van der Waals surface area contributed by atoms with Gasteiger partial charge in [0.15, 0.2) is 11.6 Å². The molecule has 2 fully saturated rings. The highest BCUT2D eigenvalue weighted by molar-refractivity contribution is 5.57. The minimum Gasteiger partial charge on any atom is -0.494 e. The smallest absolute Gasteiger partial charge is 0.233 e. The van der Waals surface area contributed by atoms with Gasteiger partial charge in [0.2, 0.25) is 17.8 Å². The average Bonchev–Trinajstić information content (AvgIpc) is 3.13. The lowest BCUT2D eigenvalue weighted by Crippen LogP contribution is -2.35. The van der Waals surface area contributed by atoms with Gasteiger partial charge in [0.1, 0.15) is 0 Å². The maximum Gasteiger partial charge on any atom is 0.233 e. The minimum absolute atomic E-state index is 0.203.